The molecule has 0 heterocycles. The van der Waals surface area contributed by atoms with Gasteiger partial charge in [0.05, 0.1) is 6.04 Å². The van der Waals surface area contributed by atoms with Crippen LogP contribution in [-0.2, 0) is 6.42 Å². The lowest BCUT2D eigenvalue weighted by atomic mass is 10.0. The SMILES string of the molecule is Cc1cccc(CC(F)(F)C(C)N)c1. The maximum absolute atomic E-state index is 13.2. The molecule has 0 aliphatic heterocycles. The van der Waals surface area contributed by atoms with Gasteiger partial charge in [0.2, 0.25) is 0 Å². The average molecular weight is 199 g/mol. The molecule has 0 spiro atoms. The third-order valence-electron chi connectivity index (χ3n) is 2.19. The largest absolute Gasteiger partial charge is 0.323 e. The van der Waals surface area contributed by atoms with Crippen LogP contribution < -0.4 is 5.73 Å². The molecule has 1 nitrogen and oxygen atoms in total. The van der Waals surface area contributed by atoms with Gasteiger partial charge in [-0.25, -0.2) is 8.78 Å². The number of halogens is 2. The molecule has 1 aromatic rings. The molecule has 14 heavy (non-hydrogen) atoms. The molecule has 0 saturated carbocycles. The molecule has 2 N–H and O–H groups in total. The zero-order valence-corrected chi connectivity index (χ0v) is 8.43. The molecule has 0 aromatic heterocycles. The van der Waals surface area contributed by atoms with Crippen molar-refractivity contribution in [3.63, 3.8) is 0 Å². The Balaban J connectivity index is 2.78. The minimum Gasteiger partial charge on any atom is -0.323 e. The molecule has 1 atom stereocenters. The van der Waals surface area contributed by atoms with Crippen LogP contribution in [-0.4, -0.2) is 12.0 Å². The molecular weight excluding hydrogens is 184 g/mol. The maximum atomic E-state index is 13.2. The third kappa shape index (κ3) is 2.77. The summed E-state index contributed by atoms with van der Waals surface area (Å²) < 4.78 is 26.5. The maximum Gasteiger partial charge on any atom is 0.266 e. The van der Waals surface area contributed by atoms with Crippen molar-refractivity contribution >= 4 is 0 Å². The summed E-state index contributed by atoms with van der Waals surface area (Å²) in [5, 5.41) is 0. The summed E-state index contributed by atoms with van der Waals surface area (Å²) in [6, 6.07) is 6.01. The Kier molecular flexibility index (Phi) is 3.21. The highest BCUT2D eigenvalue weighted by Crippen LogP contribution is 2.23. The number of alkyl halides is 2. The zero-order chi connectivity index (χ0) is 10.8. The van der Waals surface area contributed by atoms with Crippen molar-refractivity contribution in [3.8, 4) is 0 Å². The fourth-order valence-electron chi connectivity index (χ4n) is 1.26. The highest BCUT2D eigenvalue weighted by molar-refractivity contribution is 5.23. The van der Waals surface area contributed by atoms with E-state index in [1.54, 1.807) is 18.2 Å². The lowest BCUT2D eigenvalue weighted by Crippen LogP contribution is -2.40. The van der Waals surface area contributed by atoms with Crippen molar-refractivity contribution in [1.29, 1.82) is 0 Å². The van der Waals surface area contributed by atoms with Gasteiger partial charge in [0.25, 0.3) is 5.92 Å². The fraction of sp³-hybridized carbons (Fsp3) is 0.455. The lowest BCUT2D eigenvalue weighted by molar-refractivity contribution is -0.0190. The van der Waals surface area contributed by atoms with Crippen LogP contribution in [0.25, 0.3) is 0 Å². The topological polar surface area (TPSA) is 26.0 Å². The average Bonchev–Trinajstić information content (AvgIpc) is 2.02. The van der Waals surface area contributed by atoms with Gasteiger partial charge >= 0.3 is 0 Å². The van der Waals surface area contributed by atoms with Crippen LogP contribution in [0, 0.1) is 6.92 Å². The molecule has 78 valence electrons. The molecule has 0 saturated heterocycles. The Labute approximate surface area is 82.9 Å². The van der Waals surface area contributed by atoms with Gasteiger partial charge in [-0.15, -0.1) is 0 Å². The molecule has 0 aliphatic carbocycles. The Morgan fingerprint density at radius 1 is 1.43 bits per heavy atom. The second-order valence-electron chi connectivity index (χ2n) is 3.72. The fourth-order valence-corrected chi connectivity index (χ4v) is 1.26. The van der Waals surface area contributed by atoms with Crippen molar-refractivity contribution in [2.75, 3.05) is 0 Å². The molecule has 0 aliphatic rings. The number of rotatable bonds is 3. The normalized spacial score (nSPS) is 14.1. The standard InChI is InChI=1S/C11H15F2N/c1-8-4-3-5-10(6-8)7-11(12,13)9(2)14/h3-6,9H,7,14H2,1-2H3. The predicted octanol–water partition coefficient (Wildman–Crippen LogP) is 2.52. The quantitative estimate of drug-likeness (QED) is 0.795. The lowest BCUT2D eigenvalue weighted by Gasteiger charge is -2.20. The van der Waals surface area contributed by atoms with E-state index < -0.39 is 12.0 Å². The van der Waals surface area contributed by atoms with Gasteiger partial charge in [-0.1, -0.05) is 29.8 Å². The van der Waals surface area contributed by atoms with E-state index in [0.29, 0.717) is 5.56 Å². The summed E-state index contributed by atoms with van der Waals surface area (Å²) in [4.78, 5) is 0. The van der Waals surface area contributed by atoms with Crippen LogP contribution in [0.3, 0.4) is 0 Å². The first-order valence-electron chi connectivity index (χ1n) is 4.61. The number of benzene rings is 1. The van der Waals surface area contributed by atoms with E-state index >= 15 is 0 Å². The van der Waals surface area contributed by atoms with Gasteiger partial charge in [0.1, 0.15) is 0 Å². The van der Waals surface area contributed by atoms with Gasteiger partial charge in [-0.05, 0) is 19.4 Å². The molecule has 3 heteroatoms. The second kappa shape index (κ2) is 4.05. The van der Waals surface area contributed by atoms with Crippen LogP contribution in [0.15, 0.2) is 24.3 Å². The van der Waals surface area contributed by atoms with Crippen molar-refractivity contribution < 1.29 is 8.78 Å². The molecule has 1 rings (SSSR count). The number of hydrogen-bond acceptors (Lipinski definition) is 1. The number of nitrogens with two attached hydrogens (primary N) is 1. The summed E-state index contributed by atoms with van der Waals surface area (Å²) in [6.45, 7) is 3.21. The first-order chi connectivity index (χ1) is 6.42. The zero-order valence-electron chi connectivity index (χ0n) is 8.43. The molecule has 1 aromatic carbocycles. The smallest absolute Gasteiger partial charge is 0.266 e. The highest BCUT2D eigenvalue weighted by atomic mass is 19.3. The summed E-state index contributed by atoms with van der Waals surface area (Å²) in [7, 11) is 0. The van der Waals surface area contributed by atoms with Crippen molar-refractivity contribution in [2.45, 2.75) is 32.2 Å². The van der Waals surface area contributed by atoms with E-state index in [1.807, 2.05) is 13.0 Å². The van der Waals surface area contributed by atoms with Gasteiger partial charge in [-0.2, -0.15) is 0 Å². The molecule has 0 amide bonds. The van der Waals surface area contributed by atoms with Crippen LogP contribution >= 0.6 is 0 Å². The molecule has 0 bridgehead atoms. The van der Waals surface area contributed by atoms with Crippen molar-refractivity contribution in [3.05, 3.63) is 35.4 Å². The first-order valence-corrected chi connectivity index (χ1v) is 4.61. The molecule has 0 fully saturated rings. The van der Waals surface area contributed by atoms with E-state index in [9.17, 15) is 8.78 Å². The molecular formula is C11H15F2N. The van der Waals surface area contributed by atoms with E-state index in [1.165, 1.54) is 6.92 Å². The molecule has 0 radical (unpaired) electrons. The van der Waals surface area contributed by atoms with E-state index in [0.717, 1.165) is 5.56 Å². The van der Waals surface area contributed by atoms with Gasteiger partial charge in [0, 0.05) is 6.42 Å². The van der Waals surface area contributed by atoms with Crippen LogP contribution in [0.5, 0.6) is 0 Å². The Morgan fingerprint density at radius 3 is 2.57 bits per heavy atom. The highest BCUT2D eigenvalue weighted by Gasteiger charge is 2.33. The van der Waals surface area contributed by atoms with E-state index in [4.69, 9.17) is 5.73 Å². The first kappa shape index (κ1) is 11.1. The summed E-state index contributed by atoms with van der Waals surface area (Å²) in [6.07, 6.45) is -0.285. The minimum absolute atomic E-state index is 0.285. The van der Waals surface area contributed by atoms with Crippen molar-refractivity contribution in [2.24, 2.45) is 5.73 Å². The van der Waals surface area contributed by atoms with Crippen LogP contribution in [0.4, 0.5) is 8.78 Å². The summed E-state index contributed by atoms with van der Waals surface area (Å²) >= 11 is 0. The minimum atomic E-state index is -2.83. The monoisotopic (exact) mass is 199 g/mol. The van der Waals surface area contributed by atoms with Crippen LogP contribution in [0.1, 0.15) is 18.1 Å². The van der Waals surface area contributed by atoms with E-state index in [-0.39, 0.29) is 6.42 Å². The summed E-state index contributed by atoms with van der Waals surface area (Å²) in [5.74, 6) is -2.83. The van der Waals surface area contributed by atoms with Gasteiger partial charge in [0.15, 0.2) is 0 Å². The Morgan fingerprint density at radius 2 is 2.07 bits per heavy atom. The number of hydrogen-bond donors (Lipinski definition) is 1. The predicted molar refractivity (Wildman–Crippen MR) is 53.5 cm³/mol. The van der Waals surface area contributed by atoms with Crippen molar-refractivity contribution in [1.82, 2.24) is 0 Å². The Bertz CT molecular complexity index is 308. The molecule has 1 unspecified atom stereocenters. The van der Waals surface area contributed by atoms with E-state index in [2.05, 4.69) is 0 Å². The van der Waals surface area contributed by atoms with Gasteiger partial charge < -0.3 is 5.73 Å². The summed E-state index contributed by atoms with van der Waals surface area (Å²) in [5.41, 5.74) is 6.83. The van der Waals surface area contributed by atoms with Crippen LogP contribution in [0.2, 0.25) is 0 Å². The second-order valence-corrected chi connectivity index (χ2v) is 3.72. The van der Waals surface area contributed by atoms with Gasteiger partial charge in [-0.3, -0.25) is 0 Å². The third-order valence-corrected chi connectivity index (χ3v) is 2.19. The Hall–Kier alpha value is -0.960. The number of aryl methyl sites for hydroxylation is 1.